The quantitative estimate of drug-likeness (QED) is 0.142. The van der Waals surface area contributed by atoms with Gasteiger partial charge < -0.3 is 0 Å². The molecule has 4 heterocycles. The molecule has 84 heavy (non-hydrogen) atoms. The summed E-state index contributed by atoms with van der Waals surface area (Å²) >= 11 is 2.59. The Morgan fingerprint density at radius 2 is 0.929 bits per heavy atom. The van der Waals surface area contributed by atoms with Crippen molar-refractivity contribution in [1.82, 2.24) is 14.1 Å². The Balaban J connectivity index is 1.02. The fourth-order valence-corrected chi connectivity index (χ4v) is 13.6. The number of benzene rings is 9. The maximum absolute atomic E-state index is 7.39. The van der Waals surface area contributed by atoms with Gasteiger partial charge in [-0.05, 0) is 17.7 Å². The van der Waals surface area contributed by atoms with Crippen molar-refractivity contribution in [2.45, 2.75) is 105 Å². The number of ether oxygens (including phenoxy) is 1. The molecule has 0 N–H and O–H groups in total. The van der Waals surface area contributed by atoms with Gasteiger partial charge in [0, 0.05) is 11.3 Å². The second-order valence-corrected chi connectivity index (χ2v) is 27.9. The van der Waals surface area contributed by atoms with Crippen LogP contribution in [0.4, 0.5) is 22.9 Å². The van der Waals surface area contributed by atoms with Gasteiger partial charge in [0.05, 0.1) is 0 Å². The molecule has 0 bridgehead atoms. The molecular formula is C76H72BN5OPt. The predicted octanol–water partition coefficient (Wildman–Crippen LogP) is 19.5. The molecule has 0 atom stereocenters. The zero-order chi connectivity index (χ0) is 58.6. The summed E-state index contributed by atoms with van der Waals surface area (Å²) < 4.78 is 13.3. The average Bonchev–Trinajstić information content (AvgIpc) is 1.60. The van der Waals surface area contributed by atoms with Crippen LogP contribution < -0.4 is 19.8 Å². The number of pyridine rings is 1. The van der Waals surface area contributed by atoms with Gasteiger partial charge in [0.1, 0.15) is 0 Å². The third-order valence-electron chi connectivity index (χ3n) is 17.0. The first-order valence-electron chi connectivity index (χ1n) is 29.5. The molecule has 0 saturated carbocycles. The van der Waals surface area contributed by atoms with E-state index in [0.29, 0.717) is 11.6 Å². The van der Waals surface area contributed by atoms with Crippen molar-refractivity contribution >= 4 is 46.4 Å². The van der Waals surface area contributed by atoms with Gasteiger partial charge in [-0.15, -0.1) is 0 Å². The van der Waals surface area contributed by atoms with E-state index in [2.05, 4.69) is 334 Å². The Kier molecular flexibility index (Phi) is 13.4. The van der Waals surface area contributed by atoms with Crippen LogP contribution in [0.25, 0.3) is 66.9 Å². The van der Waals surface area contributed by atoms with Crippen LogP contribution in [-0.2, 0) is 41.0 Å². The molecule has 13 rings (SSSR count). The molecule has 9 aromatic carbocycles. The van der Waals surface area contributed by atoms with Crippen molar-refractivity contribution < 1.29 is 24.1 Å². The number of anilines is 4. The fraction of sp³-hybridized carbons (Fsp3) is 0.211. The number of nitrogens with zero attached hydrogens (tertiary/aromatic N) is 5. The van der Waals surface area contributed by atoms with Crippen LogP contribution in [0.5, 0.6) is 11.6 Å². The van der Waals surface area contributed by atoms with E-state index in [1.807, 2.05) is 6.07 Å². The summed E-state index contributed by atoms with van der Waals surface area (Å²) in [5.74, 6) is 2.01. The fourth-order valence-electron chi connectivity index (χ4n) is 12.5. The van der Waals surface area contributed by atoms with E-state index in [9.17, 15) is 0 Å². The number of aromatic nitrogens is 3. The predicted molar refractivity (Wildman–Crippen MR) is 349 cm³/mol. The monoisotopic (exact) mass is 1280 g/mol. The van der Waals surface area contributed by atoms with Gasteiger partial charge >= 0.3 is 427 Å². The molecule has 0 unspecified atom stereocenters. The third kappa shape index (κ3) is 9.59. The number of imidazole rings is 1. The van der Waals surface area contributed by atoms with Crippen molar-refractivity contribution in [3.63, 3.8) is 0 Å². The molecule has 8 heteroatoms. The summed E-state index contributed by atoms with van der Waals surface area (Å²) in [5, 5.41) is 0. The molecule has 2 aliphatic heterocycles. The normalized spacial score (nSPS) is 13.2. The second kappa shape index (κ2) is 20.5. The Labute approximate surface area is 507 Å². The van der Waals surface area contributed by atoms with E-state index >= 15 is 0 Å². The summed E-state index contributed by atoms with van der Waals surface area (Å²) in [6.07, 6.45) is 0. The van der Waals surface area contributed by atoms with E-state index in [1.165, 1.54) is 61.2 Å². The molecule has 0 spiro atoms. The number of para-hydroxylation sites is 5. The number of hydrogen-bond acceptors (Lipinski definition) is 4. The Morgan fingerprint density at radius 3 is 1.58 bits per heavy atom. The van der Waals surface area contributed by atoms with Crippen LogP contribution in [0.1, 0.15) is 105 Å². The zero-order valence-corrected chi connectivity index (χ0v) is 52.6. The van der Waals surface area contributed by atoms with E-state index in [0.717, 1.165) is 60.1 Å². The van der Waals surface area contributed by atoms with Gasteiger partial charge in [0.2, 0.25) is 0 Å². The molecule has 420 valence electrons. The molecule has 0 aliphatic carbocycles. The average molecular weight is 1280 g/mol. The van der Waals surface area contributed by atoms with Crippen molar-refractivity contribution in [3.05, 3.63) is 244 Å². The molecule has 6 nitrogen and oxygen atoms in total. The van der Waals surface area contributed by atoms with Crippen LogP contribution >= 0.6 is 0 Å². The molecule has 0 radical (unpaired) electrons. The summed E-state index contributed by atoms with van der Waals surface area (Å²) in [5.41, 5.74) is 22.9. The number of hydrogen-bond donors (Lipinski definition) is 0. The molecular weight excluding hydrogens is 1200 g/mol. The van der Waals surface area contributed by atoms with Gasteiger partial charge in [0.15, 0.2) is 0 Å². The van der Waals surface area contributed by atoms with Crippen molar-refractivity contribution in [2.75, 3.05) is 9.62 Å². The van der Waals surface area contributed by atoms with Crippen LogP contribution in [0.15, 0.2) is 218 Å². The van der Waals surface area contributed by atoms with E-state index in [4.69, 9.17) is 9.72 Å². The Bertz CT molecular complexity index is 4420. The number of fused-ring (bicyclic) bond motifs is 9. The Morgan fingerprint density at radius 1 is 0.393 bits per heavy atom. The molecule has 0 amide bonds. The summed E-state index contributed by atoms with van der Waals surface area (Å²) in [7, 11) is 0. The van der Waals surface area contributed by atoms with Crippen LogP contribution in [-0.4, -0.2) is 21.1 Å². The van der Waals surface area contributed by atoms with Crippen LogP contribution in [0, 0.1) is 3.80 Å². The minimum absolute atomic E-state index is 0.0800. The molecule has 0 fully saturated rings. The van der Waals surface area contributed by atoms with Gasteiger partial charge in [0.25, 0.3) is 0 Å². The zero-order valence-electron chi connectivity index (χ0n) is 50.3. The first-order valence-corrected chi connectivity index (χ1v) is 30.6. The summed E-state index contributed by atoms with van der Waals surface area (Å²) in [6, 6.07) is 80.1. The van der Waals surface area contributed by atoms with Crippen molar-refractivity contribution in [1.29, 1.82) is 0 Å². The van der Waals surface area contributed by atoms with Crippen molar-refractivity contribution in [2.24, 2.45) is 0 Å². The first-order chi connectivity index (χ1) is 40.1. The van der Waals surface area contributed by atoms with E-state index in [1.54, 1.807) is 0 Å². The molecule has 11 aromatic rings. The molecule has 2 aliphatic rings. The summed E-state index contributed by atoms with van der Waals surface area (Å²) in [6.45, 7) is 27.7. The second-order valence-electron chi connectivity index (χ2n) is 26.9. The van der Waals surface area contributed by atoms with Gasteiger partial charge in [-0.25, -0.2) is 0 Å². The van der Waals surface area contributed by atoms with Gasteiger partial charge in [-0.2, -0.15) is 0 Å². The first kappa shape index (κ1) is 55.0. The van der Waals surface area contributed by atoms with E-state index in [-0.39, 0.29) is 28.6 Å². The van der Waals surface area contributed by atoms with Crippen LogP contribution in [0.3, 0.4) is 0 Å². The van der Waals surface area contributed by atoms with Gasteiger partial charge in [-0.3, -0.25) is 0 Å². The molecule has 0 saturated heterocycles. The van der Waals surface area contributed by atoms with Crippen LogP contribution in [0.2, 0.25) is 0 Å². The SMILES string of the molecule is CC(C)(C)c1cc(-c2cc(C(C)(C)C)cc(-c3ccccc3)c2-n2[c](=[Pt])n(-c3ccc(-c4ccccc4C(C)(C)C)c(Oc4cccc(N5B6c7ccccc7-c7ccccc7N6c6ccccc65)n4)c3)c3ccccc32)cc(C(C)(C)C)c1. The topological polar surface area (TPSA) is 38.5 Å². The summed E-state index contributed by atoms with van der Waals surface area (Å²) in [4.78, 5) is 10.3. The Hall–Kier alpha value is -8.25. The maximum atomic E-state index is 7.39. The molecule has 2 aromatic heterocycles. The minimum atomic E-state index is -0.166. The number of rotatable bonds is 8. The third-order valence-corrected chi connectivity index (χ3v) is 18.0. The van der Waals surface area contributed by atoms with E-state index < -0.39 is 0 Å². The van der Waals surface area contributed by atoms with Gasteiger partial charge in [-0.1, -0.05) is 54.6 Å². The standard InChI is InChI=1S/C76H72BN5O.Pt/c1-73(2,3)52-43-51(44-53(45-52)74(4,5)6)61-47-54(75(7,8)9)46-60(50-27-14-13-15-28-50)72(61)80-49-79(65-35-22-23-36-66(65)80)55-41-42-59(56-29-16-19-32-62(56)76(10,11)12)69(48-55)83-71-40-26-39-70(78-71)82-68-38-25-24-37-67(68)81-64-34-21-18-31-58(64)57-30-17-20-33-63(57)77(81)82;/h13-48H,1-12H3;. The van der Waals surface area contributed by atoms with Crippen molar-refractivity contribution in [3.8, 4) is 67.5 Å².